The first-order valence-corrected chi connectivity index (χ1v) is 17.7. The highest BCUT2D eigenvalue weighted by atomic mass is 19.1. The molecular formula is C36H43F2N9O4. The highest BCUT2D eigenvalue weighted by Crippen LogP contribution is 2.38. The monoisotopic (exact) mass is 703 g/mol. The minimum atomic E-state index is -1.07. The third kappa shape index (κ3) is 6.69. The molecule has 0 radical (unpaired) electrons. The predicted octanol–water partition coefficient (Wildman–Crippen LogP) is 3.98. The number of amides is 3. The van der Waals surface area contributed by atoms with Crippen molar-refractivity contribution in [2.45, 2.75) is 68.2 Å². The van der Waals surface area contributed by atoms with E-state index < -0.39 is 30.5 Å². The van der Waals surface area contributed by atoms with E-state index in [0.717, 1.165) is 25.9 Å². The van der Waals surface area contributed by atoms with Gasteiger partial charge in [-0.15, -0.1) is 0 Å². The number of rotatable bonds is 7. The number of anilines is 4. The van der Waals surface area contributed by atoms with Gasteiger partial charge in [-0.05, 0) is 75.5 Å². The number of fused-ring (bicyclic) bond motifs is 4. The van der Waals surface area contributed by atoms with Crippen molar-refractivity contribution in [3.63, 3.8) is 0 Å². The van der Waals surface area contributed by atoms with E-state index in [1.54, 1.807) is 48.5 Å². The van der Waals surface area contributed by atoms with Gasteiger partial charge < -0.3 is 39.7 Å². The van der Waals surface area contributed by atoms with Gasteiger partial charge in [-0.2, -0.15) is 15.0 Å². The van der Waals surface area contributed by atoms with Crippen LogP contribution < -0.4 is 20.4 Å². The summed E-state index contributed by atoms with van der Waals surface area (Å²) in [4.78, 5) is 48.2. The summed E-state index contributed by atoms with van der Waals surface area (Å²) in [6, 6.07) is 12.6. The summed E-state index contributed by atoms with van der Waals surface area (Å²) in [7, 11) is 4.14. The number of hydrogen-bond acceptors (Lipinski definition) is 10. The van der Waals surface area contributed by atoms with Crippen LogP contribution in [-0.2, 0) is 9.47 Å². The van der Waals surface area contributed by atoms with E-state index in [0.29, 0.717) is 72.3 Å². The Morgan fingerprint density at radius 2 is 1.25 bits per heavy atom. The van der Waals surface area contributed by atoms with Crippen molar-refractivity contribution in [3.8, 4) is 11.4 Å². The molecule has 5 saturated heterocycles. The topological polar surface area (TPSA) is 128 Å². The van der Waals surface area contributed by atoms with Gasteiger partial charge in [-0.3, -0.25) is 4.79 Å². The fourth-order valence-corrected chi connectivity index (χ4v) is 8.06. The number of morpholine rings is 2. The molecule has 5 fully saturated rings. The average molecular weight is 704 g/mol. The zero-order chi connectivity index (χ0) is 35.2. The summed E-state index contributed by atoms with van der Waals surface area (Å²) in [5, 5.41) is 5.65. The van der Waals surface area contributed by atoms with Gasteiger partial charge in [0, 0.05) is 54.5 Å². The van der Waals surface area contributed by atoms with Crippen molar-refractivity contribution < 1.29 is 27.8 Å². The molecule has 5 aliphatic heterocycles. The van der Waals surface area contributed by atoms with E-state index in [9.17, 15) is 18.4 Å². The van der Waals surface area contributed by atoms with E-state index in [4.69, 9.17) is 24.4 Å². The molecule has 5 aliphatic rings. The van der Waals surface area contributed by atoms with E-state index in [1.807, 2.05) is 14.7 Å². The summed E-state index contributed by atoms with van der Waals surface area (Å²) in [5.41, 5.74) is 2.34. The number of carbonyl (C=O) groups is 2. The third-order valence-corrected chi connectivity index (χ3v) is 10.9. The van der Waals surface area contributed by atoms with Crippen molar-refractivity contribution in [1.82, 2.24) is 24.8 Å². The molecule has 270 valence electrons. The highest BCUT2D eigenvalue weighted by molar-refractivity contribution is 6.00. The summed E-state index contributed by atoms with van der Waals surface area (Å²) in [6.07, 6.45) is 0.425. The SMILES string of the molecule is CN(C)C1CCN(C(=O)c2ccc(NC(=O)Nc3ccc(-c4nc(N5C6COCC5C(F)C6)nc(N5C6COCC5C(F)C6)n4)cc3)cc2)CC1. The molecule has 6 heterocycles. The number of piperidine rings is 1. The zero-order valence-electron chi connectivity index (χ0n) is 28.8. The first-order valence-electron chi connectivity index (χ1n) is 17.7. The number of urea groups is 1. The molecule has 1 aromatic heterocycles. The number of benzene rings is 2. The van der Waals surface area contributed by atoms with Gasteiger partial charge in [0.25, 0.3) is 5.91 Å². The Hall–Kier alpha value is -4.47. The second kappa shape index (κ2) is 13.9. The number of halogens is 2. The van der Waals surface area contributed by atoms with Crippen LogP contribution in [0.2, 0.25) is 0 Å². The van der Waals surface area contributed by atoms with Crippen molar-refractivity contribution in [2.24, 2.45) is 0 Å². The molecule has 15 heteroatoms. The van der Waals surface area contributed by atoms with Crippen molar-refractivity contribution in [2.75, 3.05) is 74.0 Å². The number of likely N-dealkylation sites (tertiary alicyclic amines) is 1. The van der Waals surface area contributed by atoms with Crippen LogP contribution in [0.25, 0.3) is 11.4 Å². The lowest BCUT2D eigenvalue weighted by Crippen LogP contribution is -2.50. The molecule has 2 N–H and O–H groups in total. The minimum absolute atomic E-state index is 0.00599. The minimum Gasteiger partial charge on any atom is -0.377 e. The Labute approximate surface area is 295 Å². The number of nitrogens with one attached hydrogen (secondary N) is 2. The Morgan fingerprint density at radius 3 is 1.75 bits per heavy atom. The van der Waals surface area contributed by atoms with Crippen molar-refractivity contribution in [3.05, 3.63) is 54.1 Å². The molecule has 3 aromatic rings. The molecule has 3 amide bonds. The van der Waals surface area contributed by atoms with Crippen LogP contribution in [-0.4, -0.2) is 133 Å². The number of carbonyl (C=O) groups excluding carboxylic acids is 2. The van der Waals surface area contributed by atoms with Crippen molar-refractivity contribution in [1.29, 1.82) is 0 Å². The maximum atomic E-state index is 15.0. The Morgan fingerprint density at radius 1 is 0.745 bits per heavy atom. The van der Waals surface area contributed by atoms with Crippen molar-refractivity contribution >= 4 is 35.2 Å². The smallest absolute Gasteiger partial charge is 0.323 e. The third-order valence-electron chi connectivity index (χ3n) is 10.9. The molecule has 2 aromatic carbocycles. The number of ether oxygens (including phenoxy) is 2. The predicted molar refractivity (Wildman–Crippen MR) is 188 cm³/mol. The lowest BCUT2D eigenvalue weighted by Gasteiger charge is -2.37. The van der Waals surface area contributed by atoms with Crippen LogP contribution in [0.5, 0.6) is 0 Å². The molecule has 0 saturated carbocycles. The number of nitrogens with zero attached hydrogens (tertiary/aromatic N) is 7. The lowest BCUT2D eigenvalue weighted by atomic mass is 10.0. The average Bonchev–Trinajstić information content (AvgIpc) is 3.45. The van der Waals surface area contributed by atoms with E-state index in [-0.39, 0.29) is 31.2 Å². The van der Waals surface area contributed by atoms with Gasteiger partial charge in [0.1, 0.15) is 12.3 Å². The normalized spacial score (nSPS) is 27.6. The van der Waals surface area contributed by atoms with Gasteiger partial charge >= 0.3 is 6.03 Å². The summed E-state index contributed by atoms with van der Waals surface area (Å²) in [5.74, 6) is 1.05. The Bertz CT molecular complexity index is 1690. The van der Waals surface area contributed by atoms with E-state index in [1.165, 1.54) is 0 Å². The zero-order valence-corrected chi connectivity index (χ0v) is 28.8. The van der Waals surface area contributed by atoms with Gasteiger partial charge in [-0.1, -0.05) is 0 Å². The molecule has 0 aliphatic carbocycles. The summed E-state index contributed by atoms with van der Waals surface area (Å²) in [6.45, 7) is 2.68. The van der Waals surface area contributed by atoms with Gasteiger partial charge in [0.05, 0.1) is 50.6 Å². The molecule has 13 nitrogen and oxygen atoms in total. The van der Waals surface area contributed by atoms with Gasteiger partial charge in [0.15, 0.2) is 5.82 Å². The van der Waals surface area contributed by atoms with Crippen LogP contribution >= 0.6 is 0 Å². The number of hydrogen-bond donors (Lipinski definition) is 2. The maximum absolute atomic E-state index is 15.0. The number of alkyl halides is 2. The van der Waals surface area contributed by atoms with Crippen LogP contribution in [0, 0.1) is 0 Å². The standard InChI is InChI=1S/C36H43F2N9O4/c1-44(2)25-11-13-45(14-12-25)33(48)22-5-9-24(10-6-22)40-36(49)39-23-7-3-21(4-8-23)32-41-34(46-26-15-28(37)30(46)19-50-17-26)43-35(42-32)47-27-16-29(38)31(47)20-51-18-27/h3-10,25-31H,11-20H2,1-2H3,(H2,39,40,49). The quantitative estimate of drug-likeness (QED) is 0.373. The fourth-order valence-electron chi connectivity index (χ4n) is 8.06. The fraction of sp³-hybridized carbons (Fsp3) is 0.528. The molecular weight excluding hydrogens is 660 g/mol. The van der Waals surface area contributed by atoms with Gasteiger partial charge in [0.2, 0.25) is 11.9 Å². The summed E-state index contributed by atoms with van der Waals surface area (Å²) < 4.78 is 41.3. The van der Waals surface area contributed by atoms with Crippen LogP contribution in [0.3, 0.4) is 0 Å². The largest absolute Gasteiger partial charge is 0.377 e. The van der Waals surface area contributed by atoms with Gasteiger partial charge in [-0.25, -0.2) is 13.6 Å². The lowest BCUT2D eigenvalue weighted by molar-refractivity contribution is 0.0663. The first-order chi connectivity index (χ1) is 24.7. The van der Waals surface area contributed by atoms with Crippen LogP contribution in [0.4, 0.5) is 36.8 Å². The molecule has 6 unspecified atom stereocenters. The molecule has 6 atom stereocenters. The van der Waals surface area contributed by atoms with Crippen LogP contribution in [0.1, 0.15) is 36.0 Å². The highest BCUT2D eigenvalue weighted by Gasteiger charge is 2.49. The van der Waals surface area contributed by atoms with Crippen LogP contribution in [0.15, 0.2) is 48.5 Å². The van der Waals surface area contributed by atoms with E-state index in [2.05, 4.69) is 29.6 Å². The maximum Gasteiger partial charge on any atom is 0.323 e. The summed E-state index contributed by atoms with van der Waals surface area (Å²) >= 11 is 0. The molecule has 8 rings (SSSR count). The Kier molecular flexibility index (Phi) is 9.19. The molecule has 0 spiro atoms. The second-order valence-electron chi connectivity index (χ2n) is 14.3. The number of aromatic nitrogens is 3. The molecule has 4 bridgehead atoms. The molecule has 51 heavy (non-hydrogen) atoms. The Balaban J connectivity index is 0.956. The van der Waals surface area contributed by atoms with E-state index >= 15 is 0 Å². The second-order valence-corrected chi connectivity index (χ2v) is 14.3. The first kappa shape index (κ1) is 33.7.